The fourth-order valence-corrected chi connectivity index (χ4v) is 3.54. The lowest BCUT2D eigenvalue weighted by atomic mass is 10.0. The number of nitrogens with zero attached hydrogens (tertiary/aromatic N) is 1. The summed E-state index contributed by atoms with van der Waals surface area (Å²) in [4.78, 5) is 21.8. The van der Waals surface area contributed by atoms with Gasteiger partial charge in [0.05, 0.1) is 17.8 Å². The number of ether oxygens (including phenoxy) is 1. The second kappa shape index (κ2) is 10.00. The van der Waals surface area contributed by atoms with Gasteiger partial charge in [0.1, 0.15) is 11.9 Å². The van der Waals surface area contributed by atoms with Gasteiger partial charge in [0.25, 0.3) is 5.69 Å². The van der Waals surface area contributed by atoms with Crippen LogP contribution < -0.4 is 5.43 Å². The Morgan fingerprint density at radius 2 is 1.77 bits per heavy atom. The molecule has 2 heterocycles. The van der Waals surface area contributed by atoms with E-state index < -0.39 is 4.92 Å². The highest BCUT2D eigenvalue weighted by molar-refractivity contribution is 5.57. The Morgan fingerprint density at radius 3 is 2.45 bits per heavy atom. The van der Waals surface area contributed by atoms with Crippen molar-refractivity contribution in [2.45, 2.75) is 33.3 Å². The van der Waals surface area contributed by atoms with Gasteiger partial charge in [0.2, 0.25) is 0 Å². The monoisotopic (exact) mass is 419 g/mol. The molecule has 1 saturated heterocycles. The first-order chi connectivity index (χ1) is 14.8. The number of allylic oxidation sites excluding steroid dienone is 6. The van der Waals surface area contributed by atoms with Crippen LogP contribution in [-0.4, -0.2) is 11.5 Å². The minimum Gasteiger partial charge on any atom is -0.466 e. The largest absolute Gasteiger partial charge is 0.466 e. The zero-order valence-electron chi connectivity index (χ0n) is 17.8. The Hall–Kier alpha value is -3.51. The molecule has 1 aliphatic rings. The highest BCUT2D eigenvalue weighted by Gasteiger charge is 2.23. The predicted molar refractivity (Wildman–Crippen MR) is 121 cm³/mol. The van der Waals surface area contributed by atoms with Crippen molar-refractivity contribution < 1.29 is 14.1 Å². The summed E-state index contributed by atoms with van der Waals surface area (Å²) in [6.45, 7) is 6.57. The zero-order chi connectivity index (χ0) is 22.4. The fraction of sp³-hybridized carbons (Fsp3) is 0.240. The Bertz CT molecular complexity index is 1130. The van der Waals surface area contributed by atoms with Crippen LogP contribution in [-0.2, 0) is 4.74 Å². The molecule has 1 aromatic heterocycles. The quantitative estimate of drug-likeness (QED) is 0.329. The van der Waals surface area contributed by atoms with Crippen LogP contribution in [0.4, 0.5) is 5.69 Å². The molecule has 2 aromatic rings. The summed E-state index contributed by atoms with van der Waals surface area (Å²) >= 11 is 0. The molecule has 0 N–H and O–H groups in total. The van der Waals surface area contributed by atoms with Crippen molar-refractivity contribution in [1.82, 2.24) is 0 Å². The van der Waals surface area contributed by atoms with Gasteiger partial charge in [0.15, 0.2) is 5.43 Å². The van der Waals surface area contributed by atoms with Gasteiger partial charge in [0, 0.05) is 30.7 Å². The molecule has 0 bridgehead atoms. The molecule has 0 amide bonds. The first-order valence-corrected chi connectivity index (χ1v) is 9.99. The van der Waals surface area contributed by atoms with Crippen LogP contribution in [0.3, 0.4) is 0 Å². The maximum atomic E-state index is 11.5. The first kappa shape index (κ1) is 22.2. The normalized spacial score (nSPS) is 19.1. The Labute approximate surface area is 181 Å². The van der Waals surface area contributed by atoms with Gasteiger partial charge in [-0.25, -0.2) is 0 Å². The molecule has 31 heavy (non-hydrogen) atoms. The van der Waals surface area contributed by atoms with Gasteiger partial charge in [-0.05, 0) is 44.0 Å². The van der Waals surface area contributed by atoms with Crippen LogP contribution in [0, 0.1) is 10.1 Å². The lowest BCUT2D eigenvalue weighted by Gasteiger charge is -2.05. The highest BCUT2D eigenvalue weighted by Crippen LogP contribution is 2.32. The smallest absolute Gasteiger partial charge is 0.269 e. The van der Waals surface area contributed by atoms with Gasteiger partial charge in [-0.1, -0.05) is 41.0 Å². The van der Waals surface area contributed by atoms with E-state index in [0.717, 1.165) is 27.9 Å². The number of benzene rings is 1. The van der Waals surface area contributed by atoms with E-state index in [1.165, 1.54) is 30.5 Å². The average Bonchev–Trinajstić information content (AvgIpc) is 3.16. The van der Waals surface area contributed by atoms with Crippen molar-refractivity contribution >= 4 is 11.8 Å². The third kappa shape index (κ3) is 6.49. The molecule has 0 unspecified atom stereocenters. The van der Waals surface area contributed by atoms with Crippen molar-refractivity contribution in [3.05, 3.63) is 115 Å². The van der Waals surface area contributed by atoms with Gasteiger partial charge in [-0.15, -0.1) is 0 Å². The standard InChI is InChI=1S/C25H25NO5/c1-17(10-18(2)12-20-4-6-22(7-5-20)26(28)29)11-19(3)13-21-14-24(31-16-21)25-15-23(27)8-9-30-25/h4-13,15,24H,14,16H2,1-3H3/b17-10-,18-12-,19-11-,21-13+/t24-/m1/s1. The molecule has 6 heteroatoms. The van der Waals surface area contributed by atoms with E-state index in [2.05, 4.69) is 18.2 Å². The van der Waals surface area contributed by atoms with Gasteiger partial charge in [-0.2, -0.15) is 0 Å². The molecule has 0 saturated carbocycles. The van der Waals surface area contributed by atoms with E-state index in [1.54, 1.807) is 12.1 Å². The summed E-state index contributed by atoms with van der Waals surface area (Å²) in [6, 6.07) is 9.34. The summed E-state index contributed by atoms with van der Waals surface area (Å²) in [5.74, 6) is 0.556. The molecule has 1 fully saturated rings. The second-order valence-corrected chi connectivity index (χ2v) is 7.69. The average molecular weight is 419 g/mol. The lowest BCUT2D eigenvalue weighted by molar-refractivity contribution is -0.384. The summed E-state index contributed by atoms with van der Waals surface area (Å²) in [6.07, 6.45) is 10.1. The number of nitro groups is 1. The van der Waals surface area contributed by atoms with Crippen LogP contribution in [0.25, 0.3) is 6.08 Å². The minimum atomic E-state index is -0.403. The molecule has 160 valence electrons. The lowest BCUT2D eigenvalue weighted by Crippen LogP contribution is -2.02. The van der Waals surface area contributed by atoms with E-state index in [1.807, 2.05) is 26.8 Å². The van der Waals surface area contributed by atoms with Crippen molar-refractivity contribution in [1.29, 1.82) is 0 Å². The van der Waals surface area contributed by atoms with Crippen LogP contribution in [0.1, 0.15) is 44.6 Å². The molecule has 1 aromatic carbocycles. The summed E-state index contributed by atoms with van der Waals surface area (Å²) in [7, 11) is 0. The van der Waals surface area contributed by atoms with Crippen LogP contribution in [0.15, 0.2) is 92.4 Å². The van der Waals surface area contributed by atoms with E-state index in [0.29, 0.717) is 18.8 Å². The van der Waals surface area contributed by atoms with Crippen LogP contribution in [0.5, 0.6) is 0 Å². The second-order valence-electron chi connectivity index (χ2n) is 7.69. The number of rotatable bonds is 6. The van der Waals surface area contributed by atoms with Gasteiger partial charge in [-0.3, -0.25) is 14.9 Å². The van der Waals surface area contributed by atoms with Crippen LogP contribution >= 0.6 is 0 Å². The maximum absolute atomic E-state index is 11.5. The molecular formula is C25H25NO5. The number of hydrogen-bond acceptors (Lipinski definition) is 5. The minimum absolute atomic E-state index is 0.0839. The van der Waals surface area contributed by atoms with E-state index in [9.17, 15) is 14.9 Å². The SMILES string of the molecule is CC(=C/C(C)=C\c1ccc([N+](=O)[O-])cc1)/C=C(C)\C=C1\CO[C@@H](c2cc(=O)cco2)C1. The summed E-state index contributed by atoms with van der Waals surface area (Å²) < 4.78 is 11.2. The molecular weight excluding hydrogens is 394 g/mol. The molecule has 3 rings (SSSR count). The molecule has 0 spiro atoms. The van der Waals surface area contributed by atoms with Crippen molar-refractivity contribution in [3.8, 4) is 0 Å². The molecule has 1 aliphatic heterocycles. The van der Waals surface area contributed by atoms with E-state index >= 15 is 0 Å². The highest BCUT2D eigenvalue weighted by atomic mass is 16.6. The first-order valence-electron chi connectivity index (χ1n) is 9.99. The van der Waals surface area contributed by atoms with Gasteiger partial charge >= 0.3 is 0 Å². The third-order valence-corrected chi connectivity index (χ3v) is 4.80. The zero-order valence-corrected chi connectivity index (χ0v) is 17.8. The molecule has 0 aliphatic carbocycles. The number of non-ortho nitro benzene ring substituents is 1. The summed E-state index contributed by atoms with van der Waals surface area (Å²) in [5.41, 5.74) is 5.30. The fourth-order valence-electron chi connectivity index (χ4n) is 3.54. The Morgan fingerprint density at radius 1 is 1.06 bits per heavy atom. The van der Waals surface area contributed by atoms with E-state index in [4.69, 9.17) is 9.15 Å². The maximum Gasteiger partial charge on any atom is 0.269 e. The van der Waals surface area contributed by atoms with Gasteiger partial charge < -0.3 is 9.15 Å². The number of hydrogen-bond donors (Lipinski definition) is 0. The molecule has 1 atom stereocenters. The van der Waals surface area contributed by atoms with Crippen molar-refractivity contribution in [2.24, 2.45) is 0 Å². The van der Waals surface area contributed by atoms with Crippen molar-refractivity contribution in [2.75, 3.05) is 6.61 Å². The Kier molecular flexibility index (Phi) is 7.15. The number of nitro benzene ring substituents is 1. The van der Waals surface area contributed by atoms with E-state index in [-0.39, 0.29) is 17.2 Å². The Balaban J connectivity index is 1.65. The summed E-state index contributed by atoms with van der Waals surface area (Å²) in [5, 5.41) is 10.8. The molecule has 6 nitrogen and oxygen atoms in total. The van der Waals surface area contributed by atoms with Crippen LogP contribution in [0.2, 0.25) is 0 Å². The van der Waals surface area contributed by atoms with Crippen molar-refractivity contribution in [3.63, 3.8) is 0 Å². The topological polar surface area (TPSA) is 82.6 Å². The third-order valence-electron chi connectivity index (χ3n) is 4.80. The predicted octanol–water partition coefficient (Wildman–Crippen LogP) is 5.93. The molecule has 0 radical (unpaired) electrons.